The van der Waals surface area contributed by atoms with Gasteiger partial charge in [0.1, 0.15) is 5.70 Å². The third kappa shape index (κ3) is 5.28. The van der Waals surface area contributed by atoms with Crippen LogP contribution in [0.4, 0.5) is 5.69 Å². The Bertz CT molecular complexity index is 1050. The van der Waals surface area contributed by atoms with Crippen molar-refractivity contribution in [3.8, 4) is 5.06 Å². The molecule has 0 atom stereocenters. The molecular weight excluding hydrogens is 404 g/mol. The number of benzene rings is 1. The number of hydrogen-bond donors (Lipinski definition) is 0. The summed E-state index contributed by atoms with van der Waals surface area (Å²) < 4.78 is 5.40. The lowest BCUT2D eigenvalue weighted by Gasteiger charge is -2.31. The van der Waals surface area contributed by atoms with E-state index < -0.39 is 0 Å². The Morgan fingerprint density at radius 1 is 0.871 bits per heavy atom. The van der Waals surface area contributed by atoms with Gasteiger partial charge in [-0.2, -0.15) is 5.11 Å². The Hall–Kier alpha value is -2.79. The molecule has 0 aliphatic heterocycles. The fraction of sp³-hybridized carbons (Fsp3) is 0.346. The van der Waals surface area contributed by atoms with Crippen molar-refractivity contribution in [2.75, 3.05) is 7.11 Å². The Labute approximate surface area is 189 Å². The molecular formula is C26H30N2O2S. The van der Waals surface area contributed by atoms with E-state index >= 15 is 0 Å². The Morgan fingerprint density at radius 2 is 1.45 bits per heavy atom. The molecule has 3 rings (SSSR count). The largest absolute Gasteiger partial charge is 0.487 e. The number of hydrogen-bond acceptors (Lipinski definition) is 5. The number of carbonyl (C=O) groups excluding carboxylic acids is 1. The summed E-state index contributed by atoms with van der Waals surface area (Å²) in [5.41, 5.74) is 3.38. The molecule has 4 nitrogen and oxygen atoms in total. The van der Waals surface area contributed by atoms with Gasteiger partial charge < -0.3 is 4.74 Å². The maximum Gasteiger partial charge on any atom is 0.186 e. The molecule has 1 aliphatic carbocycles. The number of rotatable bonds is 4. The molecule has 1 heterocycles. The smallest absolute Gasteiger partial charge is 0.186 e. The molecule has 0 fully saturated rings. The summed E-state index contributed by atoms with van der Waals surface area (Å²) in [6, 6.07) is 13.6. The van der Waals surface area contributed by atoms with Crippen LogP contribution < -0.4 is 4.74 Å². The second-order valence-electron chi connectivity index (χ2n) is 9.61. The first-order valence-electron chi connectivity index (χ1n) is 10.3. The SMILES string of the molecule is COc1ccc(C(N=Nc2ccccc2)=C2C=C(C(C)(C)C)C(=O)C(C(C)(C)C)=C2)s1. The van der Waals surface area contributed by atoms with Crippen LogP contribution in [0, 0.1) is 10.8 Å². The van der Waals surface area contributed by atoms with Gasteiger partial charge in [0.15, 0.2) is 10.8 Å². The molecule has 0 spiro atoms. The average molecular weight is 435 g/mol. The first-order chi connectivity index (χ1) is 14.5. The number of nitrogens with zero attached hydrogens (tertiary/aromatic N) is 2. The van der Waals surface area contributed by atoms with Gasteiger partial charge in [0.2, 0.25) is 0 Å². The minimum Gasteiger partial charge on any atom is -0.487 e. The summed E-state index contributed by atoms with van der Waals surface area (Å²) in [6.07, 6.45) is 3.95. The highest BCUT2D eigenvalue weighted by Crippen LogP contribution is 2.42. The highest BCUT2D eigenvalue weighted by atomic mass is 32.1. The lowest BCUT2D eigenvalue weighted by Crippen LogP contribution is -2.28. The van der Waals surface area contributed by atoms with E-state index in [4.69, 9.17) is 4.74 Å². The van der Waals surface area contributed by atoms with Crippen molar-refractivity contribution in [2.24, 2.45) is 21.1 Å². The monoisotopic (exact) mass is 434 g/mol. The molecule has 1 aromatic carbocycles. The van der Waals surface area contributed by atoms with Crippen LogP contribution in [-0.4, -0.2) is 12.9 Å². The summed E-state index contributed by atoms with van der Waals surface area (Å²) in [5, 5.41) is 9.93. The van der Waals surface area contributed by atoms with E-state index in [0.717, 1.165) is 38.0 Å². The standard InChI is InChI=1S/C26H30N2O2S/c1-25(2,3)19-15-17(16-20(24(19)29)26(4,5)6)23(21-13-14-22(30-7)31-21)28-27-18-11-9-8-10-12-18/h8-16H,1-7H3. The molecule has 0 unspecified atom stereocenters. The minimum absolute atomic E-state index is 0.104. The molecule has 31 heavy (non-hydrogen) atoms. The van der Waals surface area contributed by atoms with Gasteiger partial charge in [-0.3, -0.25) is 4.79 Å². The highest BCUT2D eigenvalue weighted by Gasteiger charge is 2.34. The number of thiophene rings is 1. The van der Waals surface area contributed by atoms with Crippen molar-refractivity contribution in [1.82, 2.24) is 0 Å². The van der Waals surface area contributed by atoms with Crippen molar-refractivity contribution in [3.63, 3.8) is 0 Å². The number of ketones is 1. The predicted octanol–water partition coefficient (Wildman–Crippen LogP) is 7.78. The van der Waals surface area contributed by atoms with Gasteiger partial charge in [0, 0.05) is 16.7 Å². The topological polar surface area (TPSA) is 51.0 Å². The van der Waals surface area contributed by atoms with Gasteiger partial charge in [-0.15, -0.1) is 5.11 Å². The molecule has 0 saturated heterocycles. The van der Waals surface area contributed by atoms with Crippen LogP contribution in [0.3, 0.4) is 0 Å². The van der Waals surface area contributed by atoms with Crippen LogP contribution in [0.25, 0.3) is 5.70 Å². The summed E-state index contributed by atoms with van der Waals surface area (Å²) in [4.78, 5) is 14.3. The summed E-state index contributed by atoms with van der Waals surface area (Å²) in [5.74, 6) is 0.104. The summed E-state index contributed by atoms with van der Waals surface area (Å²) >= 11 is 1.51. The Morgan fingerprint density at radius 3 is 1.94 bits per heavy atom. The predicted molar refractivity (Wildman–Crippen MR) is 129 cm³/mol. The van der Waals surface area contributed by atoms with Gasteiger partial charge in [-0.05, 0) is 47.2 Å². The molecule has 1 aliphatic rings. The van der Waals surface area contributed by atoms with E-state index in [9.17, 15) is 4.79 Å². The summed E-state index contributed by atoms with van der Waals surface area (Å²) in [6.45, 7) is 12.4. The molecule has 2 aromatic rings. The van der Waals surface area contributed by atoms with Crippen molar-refractivity contribution in [2.45, 2.75) is 41.5 Å². The Kier molecular flexibility index (Phi) is 6.46. The van der Waals surface area contributed by atoms with Crippen LogP contribution in [0.1, 0.15) is 46.4 Å². The van der Waals surface area contributed by atoms with Gasteiger partial charge in [0.05, 0.1) is 17.7 Å². The zero-order chi connectivity index (χ0) is 22.8. The second kappa shape index (κ2) is 8.75. The maximum atomic E-state index is 13.3. The minimum atomic E-state index is -0.290. The van der Waals surface area contributed by atoms with E-state index in [1.807, 2.05) is 54.6 Å². The molecule has 5 heteroatoms. The van der Waals surface area contributed by atoms with Crippen LogP contribution in [-0.2, 0) is 4.79 Å². The molecule has 0 radical (unpaired) electrons. The molecule has 0 amide bonds. The zero-order valence-corrected chi connectivity index (χ0v) is 20.1. The van der Waals surface area contributed by atoms with Crippen LogP contribution >= 0.6 is 11.3 Å². The van der Waals surface area contributed by atoms with Gasteiger partial charge in [-0.25, -0.2) is 0 Å². The number of Topliss-reactive ketones (excluding diaryl/α,β-unsaturated/α-hetero) is 1. The quantitative estimate of drug-likeness (QED) is 0.461. The number of allylic oxidation sites excluding steroid dienone is 5. The highest BCUT2D eigenvalue weighted by molar-refractivity contribution is 7.14. The molecule has 0 bridgehead atoms. The normalized spacial score (nSPS) is 15.2. The lowest BCUT2D eigenvalue weighted by atomic mass is 9.71. The molecule has 162 valence electrons. The van der Waals surface area contributed by atoms with Crippen molar-refractivity contribution < 1.29 is 9.53 Å². The van der Waals surface area contributed by atoms with Gasteiger partial charge in [-0.1, -0.05) is 71.1 Å². The molecule has 0 N–H and O–H groups in total. The fourth-order valence-electron chi connectivity index (χ4n) is 3.29. The number of carbonyl (C=O) groups is 1. The van der Waals surface area contributed by atoms with Crippen LogP contribution in [0.5, 0.6) is 5.06 Å². The fourth-order valence-corrected chi connectivity index (χ4v) is 4.12. The first kappa shape index (κ1) is 22.9. The van der Waals surface area contributed by atoms with E-state index in [0.29, 0.717) is 0 Å². The van der Waals surface area contributed by atoms with Crippen LogP contribution in [0.15, 0.2) is 81.6 Å². The van der Waals surface area contributed by atoms with Gasteiger partial charge >= 0.3 is 0 Å². The third-order valence-electron chi connectivity index (χ3n) is 5.02. The number of azo groups is 1. The van der Waals surface area contributed by atoms with E-state index in [-0.39, 0.29) is 16.6 Å². The van der Waals surface area contributed by atoms with Crippen molar-refractivity contribution in [1.29, 1.82) is 0 Å². The number of ether oxygens (including phenoxy) is 1. The van der Waals surface area contributed by atoms with E-state index in [1.165, 1.54) is 11.3 Å². The second-order valence-corrected chi connectivity index (χ2v) is 10.7. The maximum absolute atomic E-state index is 13.3. The van der Waals surface area contributed by atoms with Crippen molar-refractivity contribution in [3.05, 3.63) is 76.2 Å². The van der Waals surface area contributed by atoms with Gasteiger partial charge in [0.25, 0.3) is 0 Å². The van der Waals surface area contributed by atoms with Crippen molar-refractivity contribution >= 4 is 28.5 Å². The third-order valence-corrected chi connectivity index (χ3v) is 6.07. The van der Waals surface area contributed by atoms with Crippen LogP contribution in [0.2, 0.25) is 0 Å². The summed E-state index contributed by atoms with van der Waals surface area (Å²) in [7, 11) is 1.66. The van der Waals surface area contributed by atoms with E-state index in [1.54, 1.807) is 7.11 Å². The van der Waals surface area contributed by atoms with E-state index in [2.05, 4.69) is 51.8 Å². The Balaban J connectivity index is 2.27. The first-order valence-corrected chi connectivity index (χ1v) is 11.2. The molecule has 0 saturated carbocycles. The lowest BCUT2D eigenvalue weighted by molar-refractivity contribution is -0.114. The number of methoxy groups -OCH3 is 1. The molecule has 1 aromatic heterocycles. The average Bonchev–Trinajstić information content (AvgIpc) is 3.17. The zero-order valence-electron chi connectivity index (χ0n) is 19.3.